The fourth-order valence-electron chi connectivity index (χ4n) is 4.18. The van der Waals surface area contributed by atoms with Crippen LogP contribution in [0.25, 0.3) is 11.4 Å². The number of para-hydroxylation sites is 1. The number of rotatable bonds is 6. The predicted molar refractivity (Wildman–Crippen MR) is 127 cm³/mol. The molecular weight excluding hydrogens is 424 g/mol. The molecule has 168 valence electrons. The minimum atomic E-state index is 0.00670. The van der Waals surface area contributed by atoms with E-state index in [4.69, 9.17) is 16.1 Å². The van der Waals surface area contributed by atoms with Gasteiger partial charge >= 0.3 is 0 Å². The van der Waals surface area contributed by atoms with Gasteiger partial charge in [-0.05, 0) is 62.0 Å². The number of piperidine rings is 1. The van der Waals surface area contributed by atoms with E-state index in [2.05, 4.69) is 40.3 Å². The van der Waals surface area contributed by atoms with Gasteiger partial charge in [-0.3, -0.25) is 9.69 Å². The predicted octanol–water partition coefficient (Wildman–Crippen LogP) is 5.67. The van der Waals surface area contributed by atoms with Crippen LogP contribution >= 0.6 is 11.6 Å². The molecule has 1 saturated heterocycles. The van der Waals surface area contributed by atoms with Crippen LogP contribution in [0.2, 0.25) is 5.02 Å². The van der Waals surface area contributed by atoms with Gasteiger partial charge in [-0.2, -0.15) is 4.98 Å². The summed E-state index contributed by atoms with van der Waals surface area (Å²) in [6.07, 6.45) is 1.61. The summed E-state index contributed by atoms with van der Waals surface area (Å²) < 4.78 is 5.44. The zero-order valence-electron chi connectivity index (χ0n) is 18.8. The fourth-order valence-corrected chi connectivity index (χ4v) is 4.40. The Hall–Kier alpha value is -2.70. The monoisotopic (exact) mass is 452 g/mol. The van der Waals surface area contributed by atoms with Crippen LogP contribution in [0, 0.1) is 12.8 Å². The van der Waals surface area contributed by atoms with E-state index >= 15 is 0 Å². The topological polar surface area (TPSA) is 71.3 Å². The summed E-state index contributed by atoms with van der Waals surface area (Å²) in [5.74, 6) is 1.53. The largest absolute Gasteiger partial charge is 0.338 e. The molecule has 32 heavy (non-hydrogen) atoms. The number of aromatic nitrogens is 2. The number of nitrogens with one attached hydrogen (secondary N) is 1. The molecule has 1 aliphatic heterocycles. The molecule has 1 aliphatic rings. The molecule has 7 heteroatoms. The standard InChI is InChI=1S/C25H29ClN4O2/c1-16(2)19-9-6-7-17(3)23(19)28-25(31)18-11-13-30(14-12-18)15-22-27-24(29-32-22)20-8-4-5-10-21(20)26/h4-10,16,18H,11-15H2,1-3H3,(H,28,31). The van der Waals surface area contributed by atoms with E-state index in [1.807, 2.05) is 43.3 Å². The molecule has 0 radical (unpaired) electrons. The van der Waals surface area contributed by atoms with E-state index in [0.29, 0.717) is 29.2 Å². The van der Waals surface area contributed by atoms with E-state index in [9.17, 15) is 4.79 Å². The number of carbonyl (C=O) groups excluding carboxylic acids is 1. The molecule has 1 aromatic heterocycles. The van der Waals surface area contributed by atoms with Crippen LogP contribution in [0.5, 0.6) is 0 Å². The summed E-state index contributed by atoms with van der Waals surface area (Å²) in [7, 11) is 0. The molecule has 4 rings (SSSR count). The number of benzene rings is 2. The van der Waals surface area contributed by atoms with Crippen molar-refractivity contribution in [3.63, 3.8) is 0 Å². The molecule has 0 atom stereocenters. The van der Waals surface area contributed by atoms with Gasteiger partial charge < -0.3 is 9.84 Å². The van der Waals surface area contributed by atoms with E-state index < -0.39 is 0 Å². The third kappa shape index (κ3) is 5.03. The molecule has 2 heterocycles. The van der Waals surface area contributed by atoms with Crippen LogP contribution in [-0.4, -0.2) is 34.0 Å². The first-order valence-corrected chi connectivity index (χ1v) is 11.5. The molecular formula is C25H29ClN4O2. The van der Waals surface area contributed by atoms with Gasteiger partial charge in [0.2, 0.25) is 17.6 Å². The van der Waals surface area contributed by atoms with Crippen molar-refractivity contribution in [2.24, 2.45) is 5.92 Å². The Morgan fingerprint density at radius 1 is 1.19 bits per heavy atom. The smallest absolute Gasteiger partial charge is 0.241 e. The maximum atomic E-state index is 13.0. The second-order valence-electron chi connectivity index (χ2n) is 8.73. The van der Waals surface area contributed by atoms with Crippen LogP contribution in [0.3, 0.4) is 0 Å². The molecule has 0 saturated carbocycles. The number of hydrogen-bond acceptors (Lipinski definition) is 5. The van der Waals surface area contributed by atoms with Gasteiger partial charge in [-0.1, -0.05) is 60.9 Å². The minimum Gasteiger partial charge on any atom is -0.338 e. The lowest BCUT2D eigenvalue weighted by molar-refractivity contribution is -0.121. The zero-order valence-corrected chi connectivity index (χ0v) is 19.5. The molecule has 1 fully saturated rings. The highest BCUT2D eigenvalue weighted by molar-refractivity contribution is 6.33. The van der Waals surface area contributed by atoms with E-state index in [1.165, 1.54) is 5.56 Å². The van der Waals surface area contributed by atoms with Gasteiger partial charge in [0.05, 0.1) is 11.6 Å². The Kier molecular flexibility index (Phi) is 6.92. The molecule has 0 unspecified atom stereocenters. The van der Waals surface area contributed by atoms with E-state index in [0.717, 1.165) is 42.7 Å². The Morgan fingerprint density at radius 2 is 1.94 bits per heavy atom. The molecule has 3 aromatic rings. The summed E-state index contributed by atoms with van der Waals surface area (Å²) >= 11 is 6.23. The second-order valence-corrected chi connectivity index (χ2v) is 9.13. The van der Waals surface area contributed by atoms with Crippen molar-refractivity contribution < 1.29 is 9.32 Å². The lowest BCUT2D eigenvalue weighted by atomic mass is 9.94. The number of anilines is 1. The van der Waals surface area contributed by atoms with E-state index in [-0.39, 0.29) is 11.8 Å². The average molecular weight is 453 g/mol. The normalized spacial score (nSPS) is 15.3. The first kappa shape index (κ1) is 22.5. The molecule has 1 amide bonds. The van der Waals surface area contributed by atoms with Gasteiger partial charge in [0.15, 0.2) is 0 Å². The number of likely N-dealkylation sites (tertiary alicyclic amines) is 1. The summed E-state index contributed by atoms with van der Waals surface area (Å²) in [5.41, 5.74) is 4.01. The van der Waals surface area contributed by atoms with Crippen molar-refractivity contribution in [3.05, 3.63) is 64.5 Å². The quantitative estimate of drug-likeness (QED) is 0.521. The highest BCUT2D eigenvalue weighted by Gasteiger charge is 2.27. The Bertz CT molecular complexity index is 1090. The molecule has 0 aliphatic carbocycles. The van der Waals surface area contributed by atoms with Gasteiger partial charge in [0, 0.05) is 17.2 Å². The fraction of sp³-hybridized carbons (Fsp3) is 0.400. The van der Waals surface area contributed by atoms with Crippen molar-refractivity contribution in [2.75, 3.05) is 18.4 Å². The molecule has 1 N–H and O–H groups in total. The summed E-state index contributed by atoms with van der Waals surface area (Å²) in [6.45, 7) is 8.54. The SMILES string of the molecule is Cc1cccc(C(C)C)c1NC(=O)C1CCN(Cc2nc(-c3ccccc3Cl)no2)CC1. The van der Waals surface area contributed by atoms with Crippen molar-refractivity contribution in [2.45, 2.75) is 46.1 Å². The third-order valence-corrected chi connectivity index (χ3v) is 6.40. The van der Waals surface area contributed by atoms with Crippen LogP contribution in [-0.2, 0) is 11.3 Å². The second kappa shape index (κ2) is 9.84. The van der Waals surface area contributed by atoms with Gasteiger partial charge in [0.25, 0.3) is 0 Å². The minimum absolute atomic E-state index is 0.00670. The number of nitrogens with zero attached hydrogens (tertiary/aromatic N) is 3. The highest BCUT2D eigenvalue weighted by Crippen LogP contribution is 2.29. The lowest BCUT2D eigenvalue weighted by Gasteiger charge is -2.30. The Balaban J connectivity index is 1.33. The third-order valence-electron chi connectivity index (χ3n) is 6.08. The summed E-state index contributed by atoms with van der Waals surface area (Å²) in [4.78, 5) is 19.7. The summed E-state index contributed by atoms with van der Waals surface area (Å²) in [5, 5.41) is 7.88. The molecule has 0 spiro atoms. The number of carbonyl (C=O) groups is 1. The van der Waals surface area contributed by atoms with Crippen molar-refractivity contribution in [1.29, 1.82) is 0 Å². The maximum Gasteiger partial charge on any atom is 0.241 e. The van der Waals surface area contributed by atoms with Crippen LogP contribution in [0.1, 0.15) is 49.6 Å². The average Bonchev–Trinajstić information content (AvgIpc) is 3.24. The molecule has 2 aromatic carbocycles. The Morgan fingerprint density at radius 3 is 2.66 bits per heavy atom. The number of aryl methyl sites for hydroxylation is 1. The lowest BCUT2D eigenvalue weighted by Crippen LogP contribution is -2.38. The number of amides is 1. The van der Waals surface area contributed by atoms with Gasteiger partial charge in [-0.25, -0.2) is 0 Å². The van der Waals surface area contributed by atoms with Crippen LogP contribution in [0.15, 0.2) is 47.0 Å². The molecule has 0 bridgehead atoms. The van der Waals surface area contributed by atoms with Crippen molar-refractivity contribution in [1.82, 2.24) is 15.0 Å². The Labute approximate surface area is 194 Å². The van der Waals surface area contributed by atoms with Crippen molar-refractivity contribution in [3.8, 4) is 11.4 Å². The van der Waals surface area contributed by atoms with Crippen LogP contribution in [0.4, 0.5) is 5.69 Å². The van der Waals surface area contributed by atoms with Crippen LogP contribution < -0.4 is 5.32 Å². The maximum absolute atomic E-state index is 13.0. The summed E-state index contributed by atoms with van der Waals surface area (Å²) in [6, 6.07) is 13.6. The number of hydrogen-bond donors (Lipinski definition) is 1. The highest BCUT2D eigenvalue weighted by atomic mass is 35.5. The van der Waals surface area contributed by atoms with E-state index in [1.54, 1.807) is 0 Å². The van der Waals surface area contributed by atoms with Gasteiger partial charge in [0.1, 0.15) is 0 Å². The zero-order chi connectivity index (χ0) is 22.7. The molecule has 6 nitrogen and oxygen atoms in total. The first-order valence-electron chi connectivity index (χ1n) is 11.1. The number of halogens is 1. The van der Waals surface area contributed by atoms with Gasteiger partial charge in [-0.15, -0.1) is 0 Å². The first-order chi connectivity index (χ1) is 15.4. The van der Waals surface area contributed by atoms with Crippen molar-refractivity contribution >= 4 is 23.2 Å².